The van der Waals surface area contributed by atoms with Gasteiger partial charge in [0.15, 0.2) is 6.61 Å². The third-order valence-electron chi connectivity index (χ3n) is 3.87. The Morgan fingerprint density at radius 3 is 2.39 bits per heavy atom. The number of esters is 1. The van der Waals surface area contributed by atoms with Gasteiger partial charge in [-0.1, -0.05) is 42.5 Å². The van der Waals surface area contributed by atoms with Crippen LogP contribution in [0, 0.1) is 0 Å². The Morgan fingerprint density at radius 2 is 1.68 bits per heavy atom. The lowest BCUT2D eigenvalue weighted by Gasteiger charge is -2.12. The maximum atomic E-state index is 12.3. The second-order valence-electron chi connectivity index (χ2n) is 6.23. The lowest BCUT2D eigenvalue weighted by atomic mass is 10.1. The molecule has 0 spiro atoms. The molecule has 2 rings (SSSR count). The molecular formula is C21H24N2O4S. The first-order chi connectivity index (χ1) is 13.5. The molecular weight excluding hydrogens is 376 g/mol. The summed E-state index contributed by atoms with van der Waals surface area (Å²) in [6, 6.07) is 16.7. The van der Waals surface area contributed by atoms with Crippen molar-refractivity contribution >= 4 is 29.5 Å². The van der Waals surface area contributed by atoms with Crippen LogP contribution in [0.4, 0.5) is 0 Å². The van der Waals surface area contributed by atoms with Gasteiger partial charge in [0.05, 0.1) is 11.3 Å². The van der Waals surface area contributed by atoms with Gasteiger partial charge >= 0.3 is 5.97 Å². The molecule has 0 saturated heterocycles. The highest BCUT2D eigenvalue weighted by molar-refractivity contribution is 8.00. The zero-order chi connectivity index (χ0) is 20.4. The van der Waals surface area contributed by atoms with Crippen LogP contribution in [0.15, 0.2) is 59.5 Å². The molecule has 0 aliphatic heterocycles. The fourth-order valence-corrected chi connectivity index (χ4v) is 3.30. The molecule has 148 valence electrons. The number of rotatable bonds is 9. The van der Waals surface area contributed by atoms with E-state index in [4.69, 9.17) is 4.74 Å². The van der Waals surface area contributed by atoms with Gasteiger partial charge in [0.2, 0.25) is 5.91 Å². The zero-order valence-corrected chi connectivity index (χ0v) is 16.8. The van der Waals surface area contributed by atoms with E-state index in [2.05, 4.69) is 5.32 Å². The first-order valence-corrected chi connectivity index (χ1v) is 9.85. The lowest BCUT2D eigenvalue weighted by Crippen LogP contribution is -2.30. The number of thioether (sulfide) groups is 1. The Hall–Kier alpha value is -2.80. The first-order valence-electron chi connectivity index (χ1n) is 8.87. The quantitative estimate of drug-likeness (QED) is 0.517. The molecule has 0 aromatic heterocycles. The van der Waals surface area contributed by atoms with Crippen molar-refractivity contribution in [2.75, 3.05) is 33.0 Å². The molecule has 0 bridgehead atoms. The Bertz CT molecular complexity index is 809. The van der Waals surface area contributed by atoms with E-state index in [-0.39, 0.29) is 24.2 Å². The summed E-state index contributed by atoms with van der Waals surface area (Å²) < 4.78 is 5.13. The van der Waals surface area contributed by atoms with Crippen LogP contribution in [0.2, 0.25) is 0 Å². The van der Waals surface area contributed by atoms with E-state index in [1.54, 1.807) is 38.4 Å². The molecule has 0 fully saturated rings. The van der Waals surface area contributed by atoms with Gasteiger partial charge in [-0.2, -0.15) is 0 Å². The molecule has 0 unspecified atom stereocenters. The van der Waals surface area contributed by atoms with Gasteiger partial charge in [0.1, 0.15) is 0 Å². The summed E-state index contributed by atoms with van der Waals surface area (Å²) in [6.45, 7) is 0.128. The number of hydrogen-bond donors (Lipinski definition) is 1. The molecule has 0 saturated carbocycles. The van der Waals surface area contributed by atoms with Gasteiger partial charge in [-0.15, -0.1) is 11.8 Å². The van der Waals surface area contributed by atoms with Gasteiger partial charge in [-0.3, -0.25) is 9.59 Å². The summed E-state index contributed by atoms with van der Waals surface area (Å²) in [5.41, 5.74) is 1.47. The second-order valence-corrected chi connectivity index (χ2v) is 7.25. The van der Waals surface area contributed by atoms with Crippen molar-refractivity contribution in [3.63, 3.8) is 0 Å². The molecule has 6 nitrogen and oxygen atoms in total. The largest absolute Gasteiger partial charge is 0.452 e. The lowest BCUT2D eigenvalue weighted by molar-refractivity contribution is -0.126. The molecule has 2 amide bonds. The molecule has 0 atom stereocenters. The van der Waals surface area contributed by atoms with Crippen molar-refractivity contribution in [2.24, 2.45) is 0 Å². The van der Waals surface area contributed by atoms with E-state index in [1.807, 2.05) is 30.3 Å². The van der Waals surface area contributed by atoms with Gasteiger partial charge in [-0.05, 0) is 24.1 Å². The molecule has 28 heavy (non-hydrogen) atoms. The number of amides is 2. The third-order valence-corrected chi connectivity index (χ3v) is 4.93. The Morgan fingerprint density at radius 1 is 1.00 bits per heavy atom. The van der Waals surface area contributed by atoms with Crippen LogP contribution in [0.3, 0.4) is 0 Å². The van der Waals surface area contributed by atoms with Gasteiger partial charge in [-0.25, -0.2) is 4.79 Å². The average molecular weight is 401 g/mol. The van der Waals surface area contributed by atoms with Gasteiger partial charge < -0.3 is 15.0 Å². The Balaban J connectivity index is 1.80. The van der Waals surface area contributed by atoms with Crippen LogP contribution >= 0.6 is 11.8 Å². The summed E-state index contributed by atoms with van der Waals surface area (Å²) in [6.07, 6.45) is 0.708. The summed E-state index contributed by atoms with van der Waals surface area (Å²) in [7, 11) is 3.36. The topological polar surface area (TPSA) is 75.7 Å². The standard InChI is InChI=1S/C21H24N2O4S/c1-23(2)20(25)15-28-18-11-7-6-10-17(18)21(26)27-14-19(24)22-13-12-16-8-4-3-5-9-16/h3-11H,12-15H2,1-2H3,(H,22,24). The summed E-state index contributed by atoms with van der Waals surface area (Å²) >= 11 is 1.26. The monoisotopic (exact) mass is 400 g/mol. The highest BCUT2D eigenvalue weighted by Crippen LogP contribution is 2.23. The maximum Gasteiger partial charge on any atom is 0.339 e. The van der Waals surface area contributed by atoms with E-state index in [0.29, 0.717) is 23.4 Å². The molecule has 0 aliphatic carbocycles. The number of ether oxygens (including phenoxy) is 1. The van der Waals surface area contributed by atoms with E-state index in [1.165, 1.54) is 16.7 Å². The number of nitrogens with one attached hydrogen (secondary N) is 1. The van der Waals surface area contributed by atoms with E-state index in [0.717, 1.165) is 5.56 Å². The van der Waals surface area contributed by atoms with Crippen LogP contribution in [0.25, 0.3) is 0 Å². The summed E-state index contributed by atoms with van der Waals surface area (Å²) in [4.78, 5) is 38.1. The SMILES string of the molecule is CN(C)C(=O)CSc1ccccc1C(=O)OCC(=O)NCCc1ccccc1. The number of hydrogen-bond acceptors (Lipinski definition) is 5. The highest BCUT2D eigenvalue weighted by atomic mass is 32.2. The van der Waals surface area contributed by atoms with Gasteiger partial charge in [0.25, 0.3) is 5.91 Å². The number of carbonyl (C=O) groups is 3. The first kappa shape index (κ1) is 21.5. The van der Waals surface area contributed by atoms with E-state index in [9.17, 15) is 14.4 Å². The van der Waals surface area contributed by atoms with Crippen molar-refractivity contribution in [1.29, 1.82) is 0 Å². The maximum absolute atomic E-state index is 12.3. The molecule has 1 N–H and O–H groups in total. The molecule has 2 aromatic rings. The zero-order valence-electron chi connectivity index (χ0n) is 16.0. The minimum absolute atomic E-state index is 0.0500. The molecule has 0 aliphatic rings. The van der Waals surface area contributed by atoms with Gasteiger partial charge in [0, 0.05) is 25.5 Å². The smallest absolute Gasteiger partial charge is 0.339 e. The van der Waals surface area contributed by atoms with Crippen LogP contribution < -0.4 is 5.32 Å². The molecule has 0 heterocycles. The van der Waals surface area contributed by atoms with E-state index >= 15 is 0 Å². The van der Waals surface area contributed by atoms with E-state index < -0.39 is 5.97 Å². The molecule has 0 radical (unpaired) electrons. The molecule has 7 heteroatoms. The van der Waals surface area contributed by atoms with Crippen LogP contribution in [0.1, 0.15) is 15.9 Å². The van der Waals surface area contributed by atoms with Crippen LogP contribution in [-0.2, 0) is 20.7 Å². The van der Waals surface area contributed by atoms with Crippen molar-refractivity contribution < 1.29 is 19.1 Å². The predicted molar refractivity (Wildman–Crippen MR) is 109 cm³/mol. The molecule has 2 aromatic carbocycles. The normalized spacial score (nSPS) is 10.2. The summed E-state index contributed by atoms with van der Waals surface area (Å²) in [5, 5.41) is 2.73. The minimum Gasteiger partial charge on any atom is -0.452 e. The van der Waals surface area contributed by atoms with Crippen molar-refractivity contribution in [3.8, 4) is 0 Å². The van der Waals surface area contributed by atoms with Crippen molar-refractivity contribution in [3.05, 3.63) is 65.7 Å². The highest BCUT2D eigenvalue weighted by Gasteiger charge is 2.16. The number of carbonyl (C=O) groups excluding carboxylic acids is 3. The minimum atomic E-state index is -0.585. The predicted octanol–water partition coefficient (Wildman–Crippen LogP) is 2.38. The van der Waals surface area contributed by atoms with Crippen LogP contribution in [0.5, 0.6) is 0 Å². The average Bonchev–Trinajstić information content (AvgIpc) is 2.71. The number of nitrogens with zero attached hydrogens (tertiary/aromatic N) is 1. The number of benzene rings is 2. The van der Waals surface area contributed by atoms with Crippen molar-refractivity contribution in [2.45, 2.75) is 11.3 Å². The second kappa shape index (κ2) is 11.1. The fourth-order valence-electron chi connectivity index (χ4n) is 2.28. The summed E-state index contributed by atoms with van der Waals surface area (Å²) in [5.74, 6) is -0.765. The Kier molecular flexibility index (Phi) is 8.55. The third kappa shape index (κ3) is 7.08. The fraction of sp³-hybridized carbons (Fsp3) is 0.286. The Labute approximate surface area is 169 Å². The van der Waals surface area contributed by atoms with Crippen molar-refractivity contribution in [1.82, 2.24) is 10.2 Å². The van der Waals surface area contributed by atoms with Crippen LogP contribution in [-0.4, -0.2) is 55.7 Å².